The molecule has 1 fully saturated rings. The van der Waals surface area contributed by atoms with E-state index < -0.39 is 0 Å². The minimum absolute atomic E-state index is 0. The molecule has 1 aliphatic heterocycles. The molecule has 1 aliphatic rings. The Kier molecular flexibility index (Phi) is 7.40. The predicted molar refractivity (Wildman–Crippen MR) is 129 cm³/mol. The lowest BCUT2D eigenvalue weighted by Crippen LogP contribution is -2.38. The Morgan fingerprint density at radius 1 is 1.12 bits per heavy atom. The molecule has 1 aromatic carbocycles. The Balaban J connectivity index is 0.00000289. The fraction of sp³-hybridized carbons (Fsp3) is 0.375. The number of amides is 1. The average molecular weight is 457 g/mol. The largest absolute Gasteiger partial charge is 0.497 e. The van der Waals surface area contributed by atoms with Crippen LogP contribution in [-0.4, -0.2) is 48.1 Å². The van der Waals surface area contributed by atoms with Crippen LogP contribution in [0, 0.1) is 12.8 Å². The van der Waals surface area contributed by atoms with Crippen molar-refractivity contribution in [2.24, 2.45) is 5.92 Å². The van der Waals surface area contributed by atoms with Crippen LogP contribution < -0.4 is 14.8 Å². The van der Waals surface area contributed by atoms with Crippen LogP contribution in [0.2, 0.25) is 0 Å². The van der Waals surface area contributed by atoms with Crippen molar-refractivity contribution >= 4 is 40.7 Å². The van der Waals surface area contributed by atoms with Crippen molar-refractivity contribution in [3.8, 4) is 11.5 Å². The van der Waals surface area contributed by atoms with E-state index >= 15 is 0 Å². The molecule has 3 aromatic rings. The first-order valence-electron chi connectivity index (χ1n) is 10.5. The monoisotopic (exact) mass is 456 g/mol. The lowest BCUT2D eigenvalue weighted by Gasteiger charge is -2.31. The van der Waals surface area contributed by atoms with Gasteiger partial charge in [-0.05, 0) is 49.9 Å². The van der Waals surface area contributed by atoms with Gasteiger partial charge in [0.15, 0.2) is 5.65 Å². The Morgan fingerprint density at radius 3 is 2.56 bits per heavy atom. The molecular formula is C24H29ClN4O3. The van der Waals surface area contributed by atoms with Crippen molar-refractivity contribution in [1.82, 2.24) is 14.9 Å². The number of fused-ring (bicyclic) bond motifs is 1. The molecule has 0 spiro atoms. The van der Waals surface area contributed by atoms with Crippen LogP contribution in [0.25, 0.3) is 11.0 Å². The molecule has 0 bridgehead atoms. The van der Waals surface area contributed by atoms with Gasteiger partial charge in [-0.15, -0.1) is 12.4 Å². The summed E-state index contributed by atoms with van der Waals surface area (Å²) in [5.41, 5.74) is 3.42. The molecule has 1 saturated heterocycles. The minimum Gasteiger partial charge on any atom is -0.497 e. The lowest BCUT2D eigenvalue weighted by molar-refractivity contribution is 0.0698. The highest BCUT2D eigenvalue weighted by Gasteiger charge is 2.25. The molecule has 0 atom stereocenters. The number of anilines is 2. The summed E-state index contributed by atoms with van der Waals surface area (Å²) < 4.78 is 10.9. The zero-order chi connectivity index (χ0) is 22.0. The number of carbonyl (C=O) groups excluding carboxylic acids is 1. The van der Waals surface area contributed by atoms with Crippen LogP contribution >= 0.6 is 12.4 Å². The van der Waals surface area contributed by atoms with Gasteiger partial charge in [0.05, 0.1) is 31.2 Å². The molecule has 4 rings (SSSR count). The number of aromatic nitrogens is 2. The summed E-state index contributed by atoms with van der Waals surface area (Å²) in [5, 5.41) is 4.22. The maximum atomic E-state index is 13.5. The highest BCUT2D eigenvalue weighted by atomic mass is 35.5. The second kappa shape index (κ2) is 10.0. The quantitative estimate of drug-likeness (QED) is 0.582. The molecule has 3 heterocycles. The van der Waals surface area contributed by atoms with Crippen molar-refractivity contribution in [3.63, 3.8) is 0 Å². The van der Waals surface area contributed by atoms with Gasteiger partial charge in [0.2, 0.25) is 0 Å². The lowest BCUT2D eigenvalue weighted by atomic mass is 9.98. The zero-order valence-corrected chi connectivity index (χ0v) is 19.7. The first kappa shape index (κ1) is 23.6. The third kappa shape index (κ3) is 4.72. The Labute approximate surface area is 194 Å². The minimum atomic E-state index is -0.0168. The number of hydrogen-bond acceptors (Lipinski definition) is 6. The number of hydrogen-bond donors (Lipinski definition) is 1. The second-order valence-electron chi connectivity index (χ2n) is 8.04. The average Bonchev–Trinajstić information content (AvgIpc) is 2.79. The molecule has 0 aliphatic carbocycles. The van der Waals surface area contributed by atoms with Crippen molar-refractivity contribution in [3.05, 3.63) is 47.8 Å². The molecule has 2 aromatic heterocycles. The van der Waals surface area contributed by atoms with E-state index in [1.54, 1.807) is 20.4 Å². The van der Waals surface area contributed by atoms with E-state index in [1.165, 1.54) is 0 Å². The molecule has 1 N–H and O–H groups in total. The van der Waals surface area contributed by atoms with Gasteiger partial charge < -0.3 is 19.7 Å². The number of halogens is 1. The van der Waals surface area contributed by atoms with Crippen LogP contribution in [0.5, 0.6) is 11.5 Å². The van der Waals surface area contributed by atoms with E-state index in [4.69, 9.17) is 9.47 Å². The number of nitrogens with zero attached hydrogens (tertiary/aromatic N) is 3. The van der Waals surface area contributed by atoms with Gasteiger partial charge in [0.1, 0.15) is 11.5 Å². The SMILES string of the molecule is COc1ccc(Nc2c(C(=O)N3CCC(C)CC3)cnc3nc(C)ccc23)c(OC)c1.Cl. The number of rotatable bonds is 5. The standard InChI is InChI=1S/C24H28N4O3.ClH/c1-15-9-11-28(12-10-15)24(29)19-14-25-23-18(7-5-16(2)26-23)22(19)27-20-8-6-17(30-3)13-21(20)31-4;/h5-8,13-15H,9-12H2,1-4H3,(H,25,26,27);1H. The number of benzene rings is 1. The van der Waals surface area contributed by atoms with Gasteiger partial charge in [-0.3, -0.25) is 4.79 Å². The summed E-state index contributed by atoms with van der Waals surface area (Å²) in [6.45, 7) is 5.68. The molecule has 8 heteroatoms. The normalized spacial score (nSPS) is 14.1. The Hall–Kier alpha value is -3.06. The Bertz CT molecular complexity index is 1110. The third-order valence-electron chi connectivity index (χ3n) is 5.84. The number of carbonyl (C=O) groups is 1. The molecule has 0 saturated carbocycles. The summed E-state index contributed by atoms with van der Waals surface area (Å²) >= 11 is 0. The maximum Gasteiger partial charge on any atom is 0.257 e. The smallest absolute Gasteiger partial charge is 0.257 e. The van der Waals surface area contributed by atoms with Crippen LogP contribution in [0.15, 0.2) is 36.5 Å². The predicted octanol–water partition coefficient (Wildman–Crippen LogP) is 4.99. The van der Waals surface area contributed by atoms with Gasteiger partial charge >= 0.3 is 0 Å². The summed E-state index contributed by atoms with van der Waals surface area (Å²) in [6, 6.07) is 9.42. The summed E-state index contributed by atoms with van der Waals surface area (Å²) in [5.74, 6) is 1.94. The molecule has 32 heavy (non-hydrogen) atoms. The highest BCUT2D eigenvalue weighted by molar-refractivity contribution is 6.07. The first-order chi connectivity index (χ1) is 15.0. The van der Waals surface area contributed by atoms with E-state index in [-0.39, 0.29) is 18.3 Å². The van der Waals surface area contributed by atoms with E-state index in [9.17, 15) is 4.79 Å². The maximum absolute atomic E-state index is 13.5. The van der Waals surface area contributed by atoms with Gasteiger partial charge in [0.25, 0.3) is 5.91 Å². The van der Waals surface area contributed by atoms with Gasteiger partial charge in [-0.1, -0.05) is 6.92 Å². The number of nitrogens with one attached hydrogen (secondary N) is 1. The van der Waals surface area contributed by atoms with E-state index in [0.29, 0.717) is 34.3 Å². The topological polar surface area (TPSA) is 76.6 Å². The van der Waals surface area contributed by atoms with Crippen molar-refractivity contribution in [2.75, 3.05) is 32.6 Å². The number of likely N-dealkylation sites (tertiary alicyclic amines) is 1. The molecule has 1 amide bonds. The van der Waals surface area contributed by atoms with Crippen LogP contribution in [0.1, 0.15) is 35.8 Å². The van der Waals surface area contributed by atoms with Gasteiger partial charge in [0, 0.05) is 36.4 Å². The van der Waals surface area contributed by atoms with Gasteiger partial charge in [-0.25, -0.2) is 9.97 Å². The number of aryl methyl sites for hydroxylation is 1. The van der Waals surface area contributed by atoms with Crippen LogP contribution in [-0.2, 0) is 0 Å². The zero-order valence-electron chi connectivity index (χ0n) is 18.8. The van der Waals surface area contributed by atoms with Crippen molar-refractivity contribution in [2.45, 2.75) is 26.7 Å². The number of ether oxygens (including phenoxy) is 2. The molecule has 0 radical (unpaired) electrons. The van der Waals surface area contributed by atoms with Gasteiger partial charge in [-0.2, -0.15) is 0 Å². The number of methoxy groups -OCH3 is 2. The fourth-order valence-electron chi connectivity index (χ4n) is 3.89. The second-order valence-corrected chi connectivity index (χ2v) is 8.04. The molecule has 7 nitrogen and oxygen atoms in total. The summed E-state index contributed by atoms with van der Waals surface area (Å²) in [7, 11) is 3.22. The van der Waals surface area contributed by atoms with E-state index in [0.717, 1.165) is 42.7 Å². The van der Waals surface area contributed by atoms with Crippen LogP contribution in [0.4, 0.5) is 11.4 Å². The van der Waals surface area contributed by atoms with Crippen molar-refractivity contribution in [1.29, 1.82) is 0 Å². The number of piperidine rings is 1. The van der Waals surface area contributed by atoms with E-state index in [2.05, 4.69) is 22.2 Å². The summed E-state index contributed by atoms with van der Waals surface area (Å²) in [6.07, 6.45) is 3.67. The Morgan fingerprint density at radius 2 is 1.88 bits per heavy atom. The molecule has 0 unspecified atom stereocenters. The van der Waals surface area contributed by atoms with Crippen molar-refractivity contribution < 1.29 is 14.3 Å². The first-order valence-corrected chi connectivity index (χ1v) is 10.5. The van der Waals surface area contributed by atoms with E-state index in [1.807, 2.05) is 42.2 Å². The fourth-order valence-corrected chi connectivity index (χ4v) is 3.89. The molecule has 170 valence electrons. The highest BCUT2D eigenvalue weighted by Crippen LogP contribution is 2.36. The molecular weight excluding hydrogens is 428 g/mol. The summed E-state index contributed by atoms with van der Waals surface area (Å²) in [4.78, 5) is 24.4. The third-order valence-corrected chi connectivity index (χ3v) is 5.84. The van der Waals surface area contributed by atoms with Crippen LogP contribution in [0.3, 0.4) is 0 Å². The number of pyridine rings is 2.